The second-order valence-electron chi connectivity index (χ2n) is 1.28. The third-order valence-corrected chi connectivity index (χ3v) is 1.07. The van der Waals surface area contributed by atoms with Gasteiger partial charge in [-0.3, -0.25) is 0 Å². The number of rotatable bonds is 2. The minimum atomic E-state index is 1.04. The lowest BCUT2D eigenvalue weighted by atomic mass is 11.0. The van der Waals surface area contributed by atoms with E-state index in [1.807, 2.05) is 0 Å². The standard InChI is InChI=1S/C3H7IN2/c4-3-5-6-1-2-6/h5H,1-3H2. The number of hydrogen-bond acceptors (Lipinski definition) is 2. The summed E-state index contributed by atoms with van der Waals surface area (Å²) in [6.45, 7) is 2.48. The van der Waals surface area contributed by atoms with E-state index in [1.54, 1.807) is 0 Å². The first-order valence-corrected chi connectivity index (χ1v) is 3.50. The molecule has 0 saturated carbocycles. The molecule has 0 aliphatic carbocycles. The number of nitrogens with zero attached hydrogens (tertiary/aromatic N) is 1. The molecule has 1 aliphatic heterocycles. The third kappa shape index (κ3) is 1.40. The SMILES string of the molecule is ICNN1CC1. The van der Waals surface area contributed by atoms with Crippen LogP contribution in [0.25, 0.3) is 0 Å². The molecule has 0 radical (unpaired) electrons. The number of alkyl halides is 1. The van der Waals surface area contributed by atoms with Gasteiger partial charge in [-0.15, -0.1) is 0 Å². The van der Waals surface area contributed by atoms with Crippen LogP contribution in [0.2, 0.25) is 0 Å². The summed E-state index contributed by atoms with van der Waals surface area (Å²) in [7, 11) is 0. The van der Waals surface area contributed by atoms with Gasteiger partial charge < -0.3 is 0 Å². The van der Waals surface area contributed by atoms with Crippen LogP contribution in [0.15, 0.2) is 0 Å². The molecule has 1 heterocycles. The van der Waals surface area contributed by atoms with Crippen LogP contribution in [0.4, 0.5) is 0 Å². The monoisotopic (exact) mass is 198 g/mol. The van der Waals surface area contributed by atoms with Crippen LogP contribution in [-0.2, 0) is 0 Å². The molecule has 0 aromatic rings. The fourth-order valence-corrected chi connectivity index (χ4v) is 0.775. The lowest BCUT2D eigenvalue weighted by molar-refractivity contribution is 0.450. The van der Waals surface area contributed by atoms with Crippen LogP contribution in [0.5, 0.6) is 0 Å². The molecule has 0 amide bonds. The maximum absolute atomic E-state index is 3.14. The summed E-state index contributed by atoms with van der Waals surface area (Å²) in [5.41, 5.74) is 3.14. The highest BCUT2D eigenvalue weighted by Crippen LogP contribution is 1.96. The molecule has 0 spiro atoms. The maximum atomic E-state index is 3.14. The van der Waals surface area contributed by atoms with Gasteiger partial charge >= 0.3 is 0 Å². The Hall–Kier alpha value is 0.650. The second-order valence-corrected chi connectivity index (χ2v) is 2.04. The zero-order valence-electron chi connectivity index (χ0n) is 3.45. The Morgan fingerprint density at radius 3 is 2.50 bits per heavy atom. The zero-order chi connectivity index (χ0) is 4.41. The molecule has 1 saturated heterocycles. The Balaban J connectivity index is 1.88. The Labute approximate surface area is 51.0 Å². The molecular weight excluding hydrogens is 191 g/mol. The van der Waals surface area contributed by atoms with Crippen molar-refractivity contribution in [2.75, 3.05) is 17.6 Å². The van der Waals surface area contributed by atoms with E-state index >= 15 is 0 Å². The summed E-state index contributed by atoms with van der Waals surface area (Å²) < 4.78 is 1.04. The van der Waals surface area contributed by atoms with Crippen LogP contribution < -0.4 is 5.43 Å². The van der Waals surface area contributed by atoms with Gasteiger partial charge in [-0.2, -0.15) is 0 Å². The minimum absolute atomic E-state index is 1.04. The van der Waals surface area contributed by atoms with Crippen molar-refractivity contribution in [3.05, 3.63) is 0 Å². The van der Waals surface area contributed by atoms with Crippen molar-refractivity contribution in [1.82, 2.24) is 10.4 Å². The minimum Gasteiger partial charge on any atom is -0.245 e. The molecule has 0 aromatic carbocycles. The van der Waals surface area contributed by atoms with Crippen molar-refractivity contribution in [2.24, 2.45) is 0 Å². The van der Waals surface area contributed by atoms with E-state index < -0.39 is 0 Å². The van der Waals surface area contributed by atoms with Crippen molar-refractivity contribution in [3.63, 3.8) is 0 Å². The summed E-state index contributed by atoms with van der Waals surface area (Å²) in [6, 6.07) is 0. The van der Waals surface area contributed by atoms with Crippen molar-refractivity contribution >= 4 is 22.6 Å². The van der Waals surface area contributed by atoms with Gasteiger partial charge in [0.2, 0.25) is 0 Å². The van der Waals surface area contributed by atoms with E-state index in [-0.39, 0.29) is 0 Å². The first-order chi connectivity index (χ1) is 2.93. The van der Waals surface area contributed by atoms with Gasteiger partial charge in [-0.05, 0) is 0 Å². The Kier molecular flexibility index (Phi) is 1.67. The zero-order valence-corrected chi connectivity index (χ0v) is 5.60. The number of hydrogen-bond donors (Lipinski definition) is 1. The maximum Gasteiger partial charge on any atom is 0.0621 e. The molecule has 1 aliphatic rings. The van der Waals surface area contributed by atoms with E-state index in [0.717, 1.165) is 4.55 Å². The van der Waals surface area contributed by atoms with E-state index in [9.17, 15) is 0 Å². The largest absolute Gasteiger partial charge is 0.245 e. The number of halogens is 1. The molecule has 6 heavy (non-hydrogen) atoms. The van der Waals surface area contributed by atoms with Gasteiger partial charge in [0.05, 0.1) is 4.55 Å². The normalized spacial score (nSPS) is 21.5. The average Bonchev–Trinajstić information content (AvgIpc) is 2.21. The van der Waals surface area contributed by atoms with Crippen molar-refractivity contribution < 1.29 is 0 Å². The third-order valence-electron chi connectivity index (χ3n) is 0.731. The molecule has 2 nitrogen and oxygen atoms in total. The van der Waals surface area contributed by atoms with E-state index in [0.29, 0.717) is 0 Å². The second kappa shape index (κ2) is 2.09. The van der Waals surface area contributed by atoms with Crippen LogP contribution in [0.3, 0.4) is 0 Å². The van der Waals surface area contributed by atoms with Gasteiger partial charge in [0.15, 0.2) is 0 Å². The summed E-state index contributed by atoms with van der Waals surface area (Å²) >= 11 is 2.29. The van der Waals surface area contributed by atoms with Crippen LogP contribution in [0, 0.1) is 0 Å². The highest BCUT2D eigenvalue weighted by atomic mass is 127. The molecule has 1 rings (SSSR count). The van der Waals surface area contributed by atoms with Crippen LogP contribution in [-0.4, -0.2) is 22.6 Å². The van der Waals surface area contributed by atoms with Crippen LogP contribution in [0.1, 0.15) is 0 Å². The topological polar surface area (TPSA) is 15.0 Å². The molecule has 1 fully saturated rings. The van der Waals surface area contributed by atoms with Gasteiger partial charge in [0.1, 0.15) is 0 Å². The quantitative estimate of drug-likeness (QED) is 0.295. The molecule has 0 unspecified atom stereocenters. The van der Waals surface area contributed by atoms with Gasteiger partial charge in [0.25, 0.3) is 0 Å². The lowest BCUT2D eigenvalue weighted by Crippen LogP contribution is -2.17. The lowest BCUT2D eigenvalue weighted by Gasteiger charge is -1.93. The fraction of sp³-hybridized carbons (Fsp3) is 1.00. The predicted octanol–water partition coefficient (Wildman–Crippen LogP) is 0.199. The smallest absolute Gasteiger partial charge is 0.0621 e. The Morgan fingerprint density at radius 1 is 1.67 bits per heavy atom. The highest BCUT2D eigenvalue weighted by molar-refractivity contribution is 14.1. The van der Waals surface area contributed by atoms with Gasteiger partial charge in [-0.25, -0.2) is 10.4 Å². The predicted molar refractivity (Wildman–Crippen MR) is 33.6 cm³/mol. The molecular formula is C3H7IN2. The van der Waals surface area contributed by atoms with E-state index in [2.05, 4.69) is 33.0 Å². The summed E-state index contributed by atoms with van der Waals surface area (Å²) in [5, 5.41) is 2.17. The number of hydrazine groups is 1. The molecule has 0 aromatic heterocycles. The van der Waals surface area contributed by atoms with Crippen LogP contribution >= 0.6 is 22.6 Å². The summed E-state index contributed by atoms with van der Waals surface area (Å²) in [6.07, 6.45) is 0. The summed E-state index contributed by atoms with van der Waals surface area (Å²) in [4.78, 5) is 0. The Bertz CT molecular complexity index is 44.1. The average molecular weight is 198 g/mol. The first-order valence-electron chi connectivity index (χ1n) is 1.98. The highest BCUT2D eigenvalue weighted by Gasteiger charge is 2.14. The van der Waals surface area contributed by atoms with Crippen molar-refractivity contribution in [2.45, 2.75) is 0 Å². The van der Waals surface area contributed by atoms with Crippen molar-refractivity contribution in [3.8, 4) is 0 Å². The van der Waals surface area contributed by atoms with Gasteiger partial charge in [-0.1, -0.05) is 22.6 Å². The summed E-state index contributed by atoms with van der Waals surface area (Å²) in [5.74, 6) is 0. The van der Waals surface area contributed by atoms with E-state index in [1.165, 1.54) is 13.1 Å². The first kappa shape index (κ1) is 4.80. The van der Waals surface area contributed by atoms with Gasteiger partial charge in [0, 0.05) is 13.1 Å². The molecule has 36 valence electrons. The number of nitrogens with one attached hydrogen (secondary N) is 1. The van der Waals surface area contributed by atoms with E-state index in [4.69, 9.17) is 0 Å². The Morgan fingerprint density at radius 2 is 2.33 bits per heavy atom. The molecule has 0 atom stereocenters. The molecule has 0 bridgehead atoms. The fourth-order valence-electron chi connectivity index (χ4n) is 0.293. The molecule has 3 heteroatoms. The molecule has 1 N–H and O–H groups in total. The van der Waals surface area contributed by atoms with Crippen molar-refractivity contribution in [1.29, 1.82) is 0 Å².